The lowest BCUT2D eigenvalue weighted by atomic mass is 10.0. The van der Waals surface area contributed by atoms with Gasteiger partial charge in [0.05, 0.1) is 155 Å². The molecule has 1 atom stereocenters. The topological polar surface area (TPSA) is 231 Å². The van der Waals surface area contributed by atoms with E-state index in [0.29, 0.717) is 138 Å². The fraction of sp³-hybridized carbons (Fsp3) is 0.610. The van der Waals surface area contributed by atoms with E-state index in [1.807, 2.05) is 0 Å². The molecule has 0 spiro atoms. The number of ether oxygens (including phenoxy) is 10. The average Bonchev–Trinajstić information content (AvgIpc) is 3.52. The highest BCUT2D eigenvalue weighted by atomic mass is 32.2. The molecule has 62 heavy (non-hydrogen) atoms. The minimum absolute atomic E-state index is 0.0591. The van der Waals surface area contributed by atoms with Gasteiger partial charge in [-0.1, -0.05) is 24.3 Å². The molecule has 0 bridgehead atoms. The highest BCUT2D eigenvalue weighted by Gasteiger charge is 2.45. The first-order chi connectivity index (χ1) is 30.3. The van der Waals surface area contributed by atoms with Crippen LogP contribution in [0.3, 0.4) is 0 Å². The van der Waals surface area contributed by atoms with E-state index in [2.05, 4.69) is 10.6 Å². The molecule has 1 fully saturated rings. The van der Waals surface area contributed by atoms with Gasteiger partial charge in [-0.3, -0.25) is 33.6 Å². The monoisotopic (exact) mass is 897 g/mol. The van der Waals surface area contributed by atoms with Crippen molar-refractivity contribution >= 4 is 39.4 Å². The summed E-state index contributed by atoms with van der Waals surface area (Å²) in [7, 11) is -3.78. The van der Waals surface area contributed by atoms with Crippen molar-refractivity contribution in [3.63, 3.8) is 0 Å². The summed E-state index contributed by atoms with van der Waals surface area (Å²) in [6, 6.07) is 11.8. The van der Waals surface area contributed by atoms with Crippen LogP contribution in [0.5, 0.6) is 0 Å². The van der Waals surface area contributed by atoms with Gasteiger partial charge in [-0.15, -0.1) is 0 Å². The first-order valence-corrected chi connectivity index (χ1v) is 22.0. The Morgan fingerprint density at radius 3 is 1.42 bits per heavy atom. The first kappa shape index (κ1) is 50.7. The summed E-state index contributed by atoms with van der Waals surface area (Å²) in [5, 5.41) is 5.32. The Balaban J connectivity index is 0.815. The lowest BCUT2D eigenvalue weighted by molar-refractivity contribution is -0.136. The van der Waals surface area contributed by atoms with Crippen molar-refractivity contribution in [2.45, 2.75) is 23.8 Å². The molecule has 2 N–H and O–H groups in total. The van der Waals surface area contributed by atoms with Crippen molar-refractivity contribution in [2.24, 2.45) is 0 Å². The fourth-order valence-corrected chi connectivity index (χ4v) is 6.77. The van der Waals surface area contributed by atoms with Gasteiger partial charge in [0, 0.05) is 18.7 Å². The van der Waals surface area contributed by atoms with Crippen LogP contribution >= 0.6 is 0 Å². The van der Waals surface area contributed by atoms with E-state index >= 15 is 0 Å². The number of carbonyl (C=O) groups is 4. The lowest BCUT2D eigenvalue weighted by Crippen LogP contribution is -2.54. The maximum atomic E-state index is 13.2. The predicted molar refractivity (Wildman–Crippen MR) is 219 cm³/mol. The number of amides is 4. The van der Waals surface area contributed by atoms with Gasteiger partial charge in [0.2, 0.25) is 11.8 Å². The second-order valence-corrected chi connectivity index (χ2v) is 14.9. The number of carbonyl (C=O) groups excluding carboxylic acids is 4. The van der Waals surface area contributed by atoms with Gasteiger partial charge in [0.25, 0.3) is 21.9 Å². The molecule has 1 unspecified atom stereocenters. The van der Waals surface area contributed by atoms with Crippen LogP contribution < -0.4 is 10.6 Å². The summed E-state index contributed by atoms with van der Waals surface area (Å²) >= 11 is 0. The number of benzene rings is 2. The molecule has 2 aliphatic heterocycles. The van der Waals surface area contributed by atoms with E-state index in [0.717, 1.165) is 4.90 Å². The van der Waals surface area contributed by atoms with Crippen molar-refractivity contribution in [2.75, 3.05) is 151 Å². The molecular weight excluding hydrogens is 839 g/mol. The third kappa shape index (κ3) is 18.8. The zero-order chi connectivity index (χ0) is 44.1. The van der Waals surface area contributed by atoms with Gasteiger partial charge >= 0.3 is 0 Å². The van der Waals surface area contributed by atoms with E-state index in [-0.39, 0.29) is 42.1 Å². The molecule has 2 aliphatic rings. The molecule has 4 rings (SSSR count). The van der Waals surface area contributed by atoms with Gasteiger partial charge in [0.15, 0.2) is 0 Å². The smallest absolute Gasteiger partial charge is 0.297 e. The standard InChI is InChI=1S/C41H59N3O17S/c45-37-10-9-36(39(46)43-37)44-40(47)34-7-4-8-35(38(34)41(44)48)42-11-12-51-13-14-52-15-16-53-17-18-54-19-20-55-21-22-56-23-24-57-25-26-58-27-28-59-29-30-60-31-32-61-62(49,50)33-5-2-1-3-6-33/h1-8,36,42H,9-32H2,(H,43,45,46). The summed E-state index contributed by atoms with van der Waals surface area (Å²) in [5.41, 5.74) is 0.884. The largest absolute Gasteiger partial charge is 0.382 e. The van der Waals surface area contributed by atoms with E-state index in [1.165, 1.54) is 12.1 Å². The number of fused-ring (bicyclic) bond motifs is 1. The minimum atomic E-state index is -3.78. The SMILES string of the molecule is O=C1CCC(N2C(=O)c3cccc(NCCOCCOCCOCCOCCOCCOCCOCCOCCOCCOCCOS(=O)(=O)c4ccccc4)c3C2=O)C(=O)N1. The Hall–Kier alpha value is -3.97. The Labute approximate surface area is 362 Å². The summed E-state index contributed by atoms with van der Waals surface area (Å²) < 4.78 is 83.7. The third-order valence-electron chi connectivity index (χ3n) is 8.88. The molecule has 0 saturated carbocycles. The molecule has 21 heteroatoms. The number of hydrogen-bond acceptors (Lipinski definition) is 18. The Morgan fingerprint density at radius 2 is 0.968 bits per heavy atom. The van der Waals surface area contributed by atoms with Crippen LogP contribution in [0.4, 0.5) is 5.69 Å². The van der Waals surface area contributed by atoms with E-state index in [9.17, 15) is 27.6 Å². The average molecular weight is 898 g/mol. The number of nitrogens with one attached hydrogen (secondary N) is 2. The summed E-state index contributed by atoms with van der Waals surface area (Å²) in [6.07, 6.45) is 0.156. The van der Waals surface area contributed by atoms with E-state index in [4.69, 9.17) is 51.6 Å². The van der Waals surface area contributed by atoms with Crippen molar-refractivity contribution < 1.29 is 79.1 Å². The molecule has 2 heterocycles. The Bertz CT molecular complexity index is 1740. The van der Waals surface area contributed by atoms with Crippen molar-refractivity contribution in [3.8, 4) is 0 Å². The van der Waals surface area contributed by atoms with Gasteiger partial charge in [-0.25, -0.2) is 0 Å². The molecule has 346 valence electrons. The van der Waals surface area contributed by atoms with Crippen LogP contribution in [0.15, 0.2) is 53.4 Å². The molecule has 0 aromatic heterocycles. The van der Waals surface area contributed by atoms with Gasteiger partial charge in [-0.05, 0) is 30.7 Å². The molecule has 0 radical (unpaired) electrons. The number of nitrogens with zero attached hydrogens (tertiary/aromatic N) is 1. The van der Waals surface area contributed by atoms with Crippen LogP contribution in [0.1, 0.15) is 33.6 Å². The highest BCUT2D eigenvalue weighted by molar-refractivity contribution is 7.86. The second kappa shape index (κ2) is 30.2. The van der Waals surface area contributed by atoms with E-state index in [1.54, 1.807) is 36.4 Å². The van der Waals surface area contributed by atoms with Crippen LogP contribution in [-0.2, 0) is 71.3 Å². The number of piperidine rings is 1. The maximum Gasteiger partial charge on any atom is 0.297 e. The summed E-state index contributed by atoms with van der Waals surface area (Å²) in [4.78, 5) is 51.0. The molecular formula is C41H59N3O17S. The van der Waals surface area contributed by atoms with Crippen molar-refractivity contribution in [1.29, 1.82) is 0 Å². The molecule has 2 aromatic carbocycles. The Morgan fingerprint density at radius 1 is 0.532 bits per heavy atom. The molecule has 0 aliphatic carbocycles. The molecule has 20 nitrogen and oxygen atoms in total. The number of imide groups is 2. The summed E-state index contributed by atoms with van der Waals surface area (Å²) in [5.74, 6) is -2.19. The van der Waals surface area contributed by atoms with Crippen LogP contribution in [-0.4, -0.2) is 188 Å². The van der Waals surface area contributed by atoms with Crippen LogP contribution in [0.2, 0.25) is 0 Å². The normalized spacial score (nSPS) is 15.4. The van der Waals surface area contributed by atoms with Crippen LogP contribution in [0.25, 0.3) is 0 Å². The Kier molecular flexibility index (Phi) is 24.7. The van der Waals surface area contributed by atoms with Gasteiger partial charge in [0.1, 0.15) is 6.04 Å². The second-order valence-electron chi connectivity index (χ2n) is 13.3. The lowest BCUT2D eigenvalue weighted by Gasteiger charge is -2.27. The number of rotatable bonds is 37. The fourth-order valence-electron chi connectivity index (χ4n) is 5.86. The number of hydrogen-bond donors (Lipinski definition) is 2. The molecule has 1 saturated heterocycles. The molecule has 4 amide bonds. The minimum Gasteiger partial charge on any atom is -0.382 e. The van der Waals surface area contributed by atoms with Gasteiger partial charge in [-0.2, -0.15) is 8.42 Å². The summed E-state index contributed by atoms with van der Waals surface area (Å²) in [6.45, 7) is 8.19. The maximum absolute atomic E-state index is 13.2. The quantitative estimate of drug-likeness (QED) is 0.0549. The molecule has 2 aromatic rings. The van der Waals surface area contributed by atoms with Crippen molar-refractivity contribution in [3.05, 3.63) is 59.7 Å². The zero-order valence-electron chi connectivity index (χ0n) is 35.0. The third-order valence-corrected chi connectivity index (χ3v) is 10.2. The zero-order valence-corrected chi connectivity index (χ0v) is 35.8. The predicted octanol–water partition coefficient (Wildman–Crippen LogP) is 1.07. The van der Waals surface area contributed by atoms with Crippen LogP contribution in [0, 0.1) is 0 Å². The van der Waals surface area contributed by atoms with E-state index < -0.39 is 39.8 Å². The van der Waals surface area contributed by atoms with Crippen molar-refractivity contribution in [1.82, 2.24) is 10.2 Å². The van der Waals surface area contributed by atoms with Gasteiger partial charge < -0.3 is 52.7 Å². The first-order valence-electron chi connectivity index (χ1n) is 20.6. The highest BCUT2D eigenvalue weighted by Crippen LogP contribution is 2.32. The number of anilines is 1.